The van der Waals surface area contributed by atoms with Crippen molar-refractivity contribution in [2.75, 3.05) is 11.9 Å². The predicted molar refractivity (Wildman–Crippen MR) is 114 cm³/mol. The Balaban J connectivity index is 1.65. The zero-order valence-electron chi connectivity index (χ0n) is 16.3. The van der Waals surface area contributed by atoms with E-state index in [0.29, 0.717) is 35.6 Å². The summed E-state index contributed by atoms with van der Waals surface area (Å²) in [5, 5.41) is 14.0. The number of fused-ring (bicyclic) bond motifs is 1. The first-order valence-electron chi connectivity index (χ1n) is 9.53. The maximum Gasteiger partial charge on any atom is 0.271 e. The second kappa shape index (κ2) is 8.10. The number of nitrogens with one attached hydrogen (secondary N) is 3. The molecule has 0 aliphatic rings. The van der Waals surface area contributed by atoms with Crippen molar-refractivity contribution in [1.82, 2.24) is 25.5 Å². The lowest BCUT2D eigenvalue weighted by Crippen LogP contribution is -2.27. The third kappa shape index (κ3) is 4.24. The van der Waals surface area contributed by atoms with E-state index in [9.17, 15) is 4.79 Å². The number of amides is 1. The molecule has 0 fully saturated rings. The van der Waals surface area contributed by atoms with Gasteiger partial charge < -0.3 is 10.6 Å². The lowest BCUT2D eigenvalue weighted by Gasteiger charge is -2.09. The summed E-state index contributed by atoms with van der Waals surface area (Å²) in [6, 6.07) is 19.3. The smallest absolute Gasteiger partial charge is 0.271 e. The Morgan fingerprint density at radius 1 is 1.03 bits per heavy atom. The number of H-pyrrole nitrogens is 1. The summed E-state index contributed by atoms with van der Waals surface area (Å²) in [6.45, 7) is 4.69. The number of para-hydroxylation sites is 1. The highest BCUT2D eigenvalue weighted by Gasteiger charge is 2.13. The van der Waals surface area contributed by atoms with Crippen LogP contribution < -0.4 is 10.6 Å². The highest BCUT2D eigenvalue weighted by atomic mass is 16.1. The van der Waals surface area contributed by atoms with Gasteiger partial charge in [-0.15, -0.1) is 0 Å². The summed E-state index contributed by atoms with van der Waals surface area (Å²) in [6.07, 6.45) is 0. The number of carbonyl (C=O) groups is 1. The SMILES string of the molecule is CC(C)CNC(=O)c1cc(Nc2nc(-c3ccccc3)nc3ccccc23)[nH]n1. The number of nitrogens with zero attached hydrogens (tertiary/aromatic N) is 3. The third-order valence-electron chi connectivity index (χ3n) is 4.37. The monoisotopic (exact) mass is 386 g/mol. The molecular weight excluding hydrogens is 364 g/mol. The topological polar surface area (TPSA) is 95.6 Å². The zero-order valence-corrected chi connectivity index (χ0v) is 16.3. The van der Waals surface area contributed by atoms with Crippen LogP contribution in [-0.4, -0.2) is 32.6 Å². The van der Waals surface area contributed by atoms with Crippen molar-refractivity contribution in [3.8, 4) is 11.4 Å². The van der Waals surface area contributed by atoms with Gasteiger partial charge in [-0.05, 0) is 18.1 Å². The van der Waals surface area contributed by atoms with Gasteiger partial charge >= 0.3 is 0 Å². The minimum atomic E-state index is -0.208. The molecule has 7 nitrogen and oxygen atoms in total. The van der Waals surface area contributed by atoms with Gasteiger partial charge in [-0.25, -0.2) is 9.97 Å². The first-order chi connectivity index (χ1) is 14.1. The van der Waals surface area contributed by atoms with E-state index in [2.05, 4.69) is 25.8 Å². The maximum atomic E-state index is 12.2. The van der Waals surface area contributed by atoms with Gasteiger partial charge in [-0.3, -0.25) is 9.89 Å². The van der Waals surface area contributed by atoms with Crippen molar-refractivity contribution in [1.29, 1.82) is 0 Å². The molecule has 146 valence electrons. The largest absolute Gasteiger partial charge is 0.350 e. The highest BCUT2D eigenvalue weighted by molar-refractivity contribution is 5.94. The van der Waals surface area contributed by atoms with Crippen LogP contribution >= 0.6 is 0 Å². The number of aromatic nitrogens is 4. The molecule has 1 amide bonds. The summed E-state index contributed by atoms with van der Waals surface area (Å²) in [7, 11) is 0. The molecule has 0 atom stereocenters. The minimum absolute atomic E-state index is 0.208. The van der Waals surface area contributed by atoms with Crippen molar-refractivity contribution in [3.63, 3.8) is 0 Å². The molecule has 0 aliphatic carbocycles. The molecule has 2 aromatic carbocycles. The standard InChI is InChI=1S/C22H22N6O/c1-14(2)13-23-22(29)18-12-19(28-27-18)25-21-16-10-6-7-11-17(16)24-20(26-21)15-8-4-3-5-9-15/h3-12,14H,13H2,1-2H3,(H,23,29)(H2,24,25,26,27,28). The average Bonchev–Trinajstić information content (AvgIpc) is 3.21. The maximum absolute atomic E-state index is 12.2. The molecule has 4 aromatic rings. The average molecular weight is 386 g/mol. The van der Waals surface area contributed by atoms with E-state index in [1.54, 1.807) is 6.07 Å². The number of anilines is 2. The van der Waals surface area contributed by atoms with Gasteiger partial charge in [0.2, 0.25) is 0 Å². The third-order valence-corrected chi connectivity index (χ3v) is 4.37. The Kier molecular flexibility index (Phi) is 5.20. The molecule has 29 heavy (non-hydrogen) atoms. The number of hydrogen-bond donors (Lipinski definition) is 3. The molecule has 2 heterocycles. The van der Waals surface area contributed by atoms with Crippen LogP contribution in [0.4, 0.5) is 11.6 Å². The lowest BCUT2D eigenvalue weighted by atomic mass is 10.2. The summed E-state index contributed by atoms with van der Waals surface area (Å²) in [5.74, 6) is 2.02. The van der Waals surface area contributed by atoms with Gasteiger partial charge in [0.25, 0.3) is 5.91 Å². The Bertz CT molecular complexity index is 1140. The van der Waals surface area contributed by atoms with E-state index in [0.717, 1.165) is 16.5 Å². The van der Waals surface area contributed by atoms with Crippen LogP contribution in [0.1, 0.15) is 24.3 Å². The fourth-order valence-electron chi connectivity index (χ4n) is 2.91. The van der Waals surface area contributed by atoms with Gasteiger partial charge in [-0.1, -0.05) is 56.3 Å². The Hall–Kier alpha value is -3.74. The quantitative estimate of drug-likeness (QED) is 0.463. The highest BCUT2D eigenvalue weighted by Crippen LogP contribution is 2.26. The molecule has 7 heteroatoms. The number of aromatic amines is 1. The fourth-order valence-corrected chi connectivity index (χ4v) is 2.91. The Morgan fingerprint density at radius 2 is 1.79 bits per heavy atom. The van der Waals surface area contributed by atoms with Gasteiger partial charge in [0.15, 0.2) is 11.5 Å². The molecule has 0 bridgehead atoms. The van der Waals surface area contributed by atoms with E-state index in [-0.39, 0.29) is 5.91 Å². The first-order valence-corrected chi connectivity index (χ1v) is 9.53. The molecule has 3 N–H and O–H groups in total. The molecule has 0 saturated heterocycles. The Labute approximate surface area is 168 Å². The molecule has 2 aromatic heterocycles. The number of hydrogen-bond acceptors (Lipinski definition) is 5. The van der Waals surface area contributed by atoms with Crippen molar-refractivity contribution in [2.24, 2.45) is 5.92 Å². The van der Waals surface area contributed by atoms with E-state index in [1.807, 2.05) is 68.4 Å². The normalized spacial score (nSPS) is 11.0. The van der Waals surface area contributed by atoms with Crippen LogP contribution in [0.2, 0.25) is 0 Å². The van der Waals surface area contributed by atoms with Gasteiger partial charge in [0.1, 0.15) is 11.6 Å². The number of benzene rings is 2. The predicted octanol–water partition coefficient (Wildman–Crippen LogP) is 4.15. The van der Waals surface area contributed by atoms with E-state index >= 15 is 0 Å². The molecule has 0 spiro atoms. The van der Waals surface area contributed by atoms with Crippen LogP contribution in [0.5, 0.6) is 0 Å². The summed E-state index contributed by atoms with van der Waals surface area (Å²) in [5.41, 5.74) is 2.09. The van der Waals surface area contributed by atoms with Gasteiger partial charge in [-0.2, -0.15) is 5.10 Å². The second-order valence-corrected chi connectivity index (χ2v) is 7.17. The molecule has 4 rings (SSSR count). The van der Waals surface area contributed by atoms with Crippen molar-refractivity contribution >= 4 is 28.4 Å². The lowest BCUT2D eigenvalue weighted by molar-refractivity contribution is 0.0944. The fraction of sp³-hybridized carbons (Fsp3) is 0.182. The van der Waals surface area contributed by atoms with Crippen molar-refractivity contribution in [3.05, 3.63) is 66.4 Å². The van der Waals surface area contributed by atoms with Gasteiger partial charge in [0.05, 0.1) is 5.52 Å². The molecule has 0 radical (unpaired) electrons. The summed E-state index contributed by atoms with van der Waals surface area (Å²) < 4.78 is 0. The van der Waals surface area contributed by atoms with E-state index in [1.165, 1.54) is 0 Å². The Morgan fingerprint density at radius 3 is 2.59 bits per heavy atom. The summed E-state index contributed by atoms with van der Waals surface area (Å²) >= 11 is 0. The molecule has 0 aliphatic heterocycles. The minimum Gasteiger partial charge on any atom is -0.350 e. The molecule has 0 saturated carbocycles. The van der Waals surface area contributed by atoms with Crippen LogP contribution in [0.25, 0.3) is 22.3 Å². The zero-order chi connectivity index (χ0) is 20.2. The van der Waals surface area contributed by atoms with Crippen molar-refractivity contribution < 1.29 is 4.79 Å². The van der Waals surface area contributed by atoms with E-state index < -0.39 is 0 Å². The van der Waals surface area contributed by atoms with Crippen LogP contribution in [0, 0.1) is 5.92 Å². The summed E-state index contributed by atoms with van der Waals surface area (Å²) in [4.78, 5) is 21.6. The van der Waals surface area contributed by atoms with E-state index in [4.69, 9.17) is 4.98 Å². The van der Waals surface area contributed by atoms with Crippen LogP contribution in [0.3, 0.4) is 0 Å². The molecular formula is C22H22N6O. The van der Waals surface area contributed by atoms with Crippen LogP contribution in [0.15, 0.2) is 60.7 Å². The molecule has 0 unspecified atom stereocenters. The second-order valence-electron chi connectivity index (χ2n) is 7.17. The number of rotatable bonds is 6. The van der Waals surface area contributed by atoms with Crippen molar-refractivity contribution in [2.45, 2.75) is 13.8 Å². The first kappa shape index (κ1) is 18.6. The number of carbonyl (C=O) groups excluding carboxylic acids is 1. The van der Waals surface area contributed by atoms with Crippen LogP contribution in [-0.2, 0) is 0 Å². The van der Waals surface area contributed by atoms with Gasteiger partial charge in [0, 0.05) is 23.6 Å².